The predicted octanol–water partition coefficient (Wildman–Crippen LogP) is 4.48. The molecular weight excluding hydrogens is 448 g/mol. The summed E-state index contributed by atoms with van der Waals surface area (Å²) in [6.45, 7) is 0. The topological polar surface area (TPSA) is 105 Å². The number of nitrogens with zero attached hydrogens (tertiary/aromatic N) is 2. The number of nitrogens with one attached hydrogen (secondary N) is 2. The summed E-state index contributed by atoms with van der Waals surface area (Å²) in [6, 6.07) is 21.4. The number of carbonyl (C=O) groups is 3. The van der Waals surface area contributed by atoms with Gasteiger partial charge in [-0.25, -0.2) is 4.98 Å². The fourth-order valence-electron chi connectivity index (χ4n) is 3.70. The third kappa shape index (κ3) is 4.31. The molecule has 0 atom stereocenters. The molecule has 0 radical (unpaired) electrons. The first-order valence-electron chi connectivity index (χ1n) is 10.5. The maximum Gasteiger partial charge on any atom is 0.234 e. The number of fused-ring (bicyclic) bond motifs is 2. The number of aromatic nitrogens is 3. The largest absolute Gasteiger partial charge is 0.325 e. The Hall–Kier alpha value is -4.30. The summed E-state index contributed by atoms with van der Waals surface area (Å²) in [4.78, 5) is 42.9. The first-order valence-corrected chi connectivity index (χ1v) is 11.5. The lowest BCUT2D eigenvalue weighted by Crippen LogP contribution is -2.24. The molecule has 1 heterocycles. The van der Waals surface area contributed by atoms with Crippen molar-refractivity contribution in [1.82, 2.24) is 15.2 Å². The summed E-state index contributed by atoms with van der Waals surface area (Å²) in [5, 5.41) is 10.1. The summed E-state index contributed by atoms with van der Waals surface area (Å²) in [7, 11) is 0. The molecule has 0 bridgehead atoms. The Morgan fingerprint density at radius 3 is 2.35 bits per heavy atom. The predicted molar refractivity (Wildman–Crippen MR) is 131 cm³/mol. The van der Waals surface area contributed by atoms with Gasteiger partial charge in [0.2, 0.25) is 11.1 Å². The van der Waals surface area contributed by atoms with Gasteiger partial charge in [-0.1, -0.05) is 84.6 Å². The standard InChI is InChI=1S/C26H18N4O3S/c31-22(15-34-26-28-21(29-30-26)14-13-16-7-2-1-3-8-16)27-20-12-6-11-19-23(20)25(33)18-10-5-4-9-17(18)24(19)32/h1-14H,15H2,(H,27,31)(H,28,29,30)/b14-13+. The number of aromatic amines is 1. The third-order valence-electron chi connectivity index (χ3n) is 5.27. The van der Waals surface area contributed by atoms with Crippen molar-refractivity contribution in [3.05, 3.63) is 106 Å². The van der Waals surface area contributed by atoms with Crippen molar-refractivity contribution < 1.29 is 14.4 Å². The van der Waals surface area contributed by atoms with Crippen LogP contribution >= 0.6 is 11.8 Å². The molecule has 8 heteroatoms. The zero-order valence-electron chi connectivity index (χ0n) is 17.8. The highest BCUT2D eigenvalue weighted by Gasteiger charge is 2.31. The highest BCUT2D eigenvalue weighted by Crippen LogP contribution is 2.32. The Morgan fingerprint density at radius 1 is 0.853 bits per heavy atom. The molecule has 0 unspecified atom stereocenters. The minimum absolute atomic E-state index is 0.0437. The molecule has 1 aliphatic carbocycles. The molecule has 34 heavy (non-hydrogen) atoms. The van der Waals surface area contributed by atoms with Crippen molar-refractivity contribution in [2.45, 2.75) is 5.16 Å². The number of H-pyrrole nitrogens is 1. The van der Waals surface area contributed by atoms with E-state index in [0.717, 1.165) is 5.56 Å². The average Bonchev–Trinajstić information content (AvgIpc) is 3.33. The van der Waals surface area contributed by atoms with Crippen molar-refractivity contribution in [1.29, 1.82) is 0 Å². The van der Waals surface area contributed by atoms with E-state index in [0.29, 0.717) is 27.8 Å². The van der Waals surface area contributed by atoms with Crippen LogP contribution in [0.3, 0.4) is 0 Å². The second kappa shape index (κ2) is 9.29. The normalized spacial score (nSPS) is 12.5. The van der Waals surface area contributed by atoms with Gasteiger partial charge in [0.15, 0.2) is 11.6 Å². The summed E-state index contributed by atoms with van der Waals surface area (Å²) in [5.74, 6) is -0.220. The zero-order chi connectivity index (χ0) is 23.5. The number of hydrogen-bond donors (Lipinski definition) is 2. The lowest BCUT2D eigenvalue weighted by Gasteiger charge is -2.20. The molecule has 4 aromatic rings. The van der Waals surface area contributed by atoms with Gasteiger partial charge >= 0.3 is 0 Å². The Labute approximate surface area is 199 Å². The van der Waals surface area contributed by atoms with Gasteiger partial charge in [-0.3, -0.25) is 19.5 Å². The van der Waals surface area contributed by atoms with E-state index in [9.17, 15) is 14.4 Å². The molecule has 0 saturated heterocycles. The van der Waals surface area contributed by atoms with Gasteiger partial charge in [-0.05, 0) is 17.7 Å². The number of ketones is 2. The number of rotatable bonds is 6. The van der Waals surface area contributed by atoms with E-state index in [1.807, 2.05) is 42.5 Å². The van der Waals surface area contributed by atoms with E-state index in [4.69, 9.17) is 0 Å². The van der Waals surface area contributed by atoms with Crippen molar-refractivity contribution in [3.8, 4) is 0 Å². The van der Waals surface area contributed by atoms with Gasteiger partial charge in [0.1, 0.15) is 5.82 Å². The molecule has 7 nitrogen and oxygen atoms in total. The van der Waals surface area contributed by atoms with Crippen molar-refractivity contribution in [2.24, 2.45) is 0 Å². The number of amides is 1. The maximum atomic E-state index is 13.1. The van der Waals surface area contributed by atoms with Crippen molar-refractivity contribution in [2.75, 3.05) is 11.1 Å². The van der Waals surface area contributed by atoms with Crippen LogP contribution < -0.4 is 5.32 Å². The second-order valence-electron chi connectivity index (χ2n) is 7.52. The second-order valence-corrected chi connectivity index (χ2v) is 8.46. The smallest absolute Gasteiger partial charge is 0.234 e. The quantitative estimate of drug-likeness (QED) is 0.358. The van der Waals surface area contributed by atoms with Crippen LogP contribution in [0.15, 0.2) is 78.0 Å². The lowest BCUT2D eigenvalue weighted by atomic mass is 9.83. The molecule has 0 spiro atoms. The summed E-state index contributed by atoms with van der Waals surface area (Å²) < 4.78 is 0. The molecule has 0 saturated carbocycles. The highest BCUT2D eigenvalue weighted by atomic mass is 32.2. The minimum Gasteiger partial charge on any atom is -0.325 e. The lowest BCUT2D eigenvalue weighted by molar-refractivity contribution is -0.113. The van der Waals surface area contributed by atoms with E-state index < -0.39 is 0 Å². The Morgan fingerprint density at radius 2 is 1.56 bits per heavy atom. The van der Waals surface area contributed by atoms with Gasteiger partial charge in [-0.15, -0.1) is 5.10 Å². The number of thioether (sulfide) groups is 1. The Bertz CT molecular complexity index is 1440. The van der Waals surface area contributed by atoms with Gasteiger partial charge in [-0.2, -0.15) is 0 Å². The molecule has 1 amide bonds. The molecule has 2 N–H and O–H groups in total. The fraction of sp³-hybridized carbons (Fsp3) is 0.0385. The van der Waals surface area contributed by atoms with Crippen LogP contribution in [0.5, 0.6) is 0 Å². The molecular formula is C26H18N4O3S. The van der Waals surface area contributed by atoms with E-state index >= 15 is 0 Å². The molecule has 1 aliphatic rings. The van der Waals surface area contributed by atoms with Crippen LogP contribution in [0.4, 0.5) is 5.69 Å². The summed E-state index contributed by atoms with van der Waals surface area (Å²) in [6.07, 6.45) is 3.72. The average molecular weight is 467 g/mol. The molecule has 0 fully saturated rings. The van der Waals surface area contributed by atoms with Gasteiger partial charge < -0.3 is 5.32 Å². The monoisotopic (exact) mass is 466 g/mol. The third-order valence-corrected chi connectivity index (χ3v) is 6.12. The van der Waals surface area contributed by atoms with E-state index in [1.165, 1.54) is 11.8 Å². The van der Waals surface area contributed by atoms with Gasteiger partial charge in [0, 0.05) is 16.7 Å². The van der Waals surface area contributed by atoms with Crippen LogP contribution in [-0.4, -0.2) is 38.4 Å². The van der Waals surface area contributed by atoms with E-state index in [-0.39, 0.29) is 34.4 Å². The number of anilines is 1. The van der Waals surface area contributed by atoms with Crippen LogP contribution in [-0.2, 0) is 4.79 Å². The Balaban J connectivity index is 1.26. The first kappa shape index (κ1) is 21.5. The van der Waals surface area contributed by atoms with Crippen LogP contribution in [0.1, 0.15) is 43.2 Å². The first-order chi connectivity index (χ1) is 16.6. The van der Waals surface area contributed by atoms with Crippen LogP contribution in [0.2, 0.25) is 0 Å². The van der Waals surface area contributed by atoms with Crippen molar-refractivity contribution >= 4 is 47.1 Å². The SMILES string of the molecule is O=C(CSc1n[nH]c(/C=C/c2ccccc2)n1)Nc1cccc2c1C(=O)c1ccccc1C2=O. The van der Waals surface area contributed by atoms with Gasteiger partial charge in [0.05, 0.1) is 17.0 Å². The minimum atomic E-state index is -0.330. The molecule has 166 valence electrons. The molecule has 5 rings (SSSR count). The van der Waals surface area contributed by atoms with E-state index in [1.54, 1.807) is 42.5 Å². The Kier molecular flexibility index (Phi) is 5.88. The van der Waals surface area contributed by atoms with Gasteiger partial charge in [0.25, 0.3) is 0 Å². The zero-order valence-corrected chi connectivity index (χ0v) is 18.6. The molecule has 1 aromatic heterocycles. The summed E-state index contributed by atoms with van der Waals surface area (Å²) >= 11 is 1.17. The van der Waals surface area contributed by atoms with Crippen LogP contribution in [0, 0.1) is 0 Å². The summed E-state index contributed by atoms with van der Waals surface area (Å²) in [5.41, 5.74) is 2.58. The number of benzene rings is 3. The van der Waals surface area contributed by atoms with Crippen molar-refractivity contribution in [3.63, 3.8) is 0 Å². The van der Waals surface area contributed by atoms with Crippen LogP contribution in [0.25, 0.3) is 12.2 Å². The fourth-order valence-corrected chi connectivity index (χ4v) is 4.31. The van der Waals surface area contributed by atoms with E-state index in [2.05, 4.69) is 20.5 Å². The number of carbonyl (C=O) groups excluding carboxylic acids is 3. The number of hydrogen-bond acceptors (Lipinski definition) is 6. The maximum absolute atomic E-state index is 13.1. The molecule has 0 aliphatic heterocycles. The molecule has 3 aromatic carbocycles. The highest BCUT2D eigenvalue weighted by molar-refractivity contribution is 7.99.